The second-order valence-corrected chi connectivity index (χ2v) is 6.67. The highest BCUT2D eigenvalue weighted by Gasteiger charge is 2.07. The number of aliphatic imine (C=N–C) groups is 2. The van der Waals surface area contributed by atoms with Crippen molar-refractivity contribution in [2.75, 3.05) is 0 Å². The molecule has 0 aliphatic rings. The molecule has 0 saturated heterocycles. The van der Waals surface area contributed by atoms with Crippen LogP contribution < -0.4 is 11.5 Å². The Labute approximate surface area is 137 Å². The lowest BCUT2D eigenvalue weighted by molar-refractivity contribution is 1.35. The van der Waals surface area contributed by atoms with E-state index < -0.39 is 0 Å². The standard InChI is InChI=1S/C13H10BrN5S2/c14-8-6-20-5-7(8)11(15)18-12(16)19-13-17-9-3-1-2-4-10(9)21-13/h1-6H,(H4,15,16,17,18,19). The fourth-order valence-corrected chi connectivity index (χ4v) is 4.01. The minimum atomic E-state index is 0.0876. The van der Waals surface area contributed by atoms with Gasteiger partial charge >= 0.3 is 0 Å². The van der Waals surface area contributed by atoms with Crippen LogP contribution in [0.4, 0.5) is 5.13 Å². The zero-order chi connectivity index (χ0) is 14.8. The van der Waals surface area contributed by atoms with Crippen LogP contribution in [-0.4, -0.2) is 16.8 Å². The third-order valence-electron chi connectivity index (χ3n) is 2.62. The minimum absolute atomic E-state index is 0.0876. The van der Waals surface area contributed by atoms with Gasteiger partial charge in [0, 0.05) is 20.8 Å². The van der Waals surface area contributed by atoms with Crippen LogP contribution in [0.1, 0.15) is 5.56 Å². The molecule has 3 aromatic rings. The Morgan fingerprint density at radius 3 is 2.71 bits per heavy atom. The van der Waals surface area contributed by atoms with Crippen LogP contribution in [0.2, 0.25) is 0 Å². The van der Waals surface area contributed by atoms with Crippen molar-refractivity contribution in [3.63, 3.8) is 0 Å². The van der Waals surface area contributed by atoms with E-state index in [-0.39, 0.29) is 5.96 Å². The van der Waals surface area contributed by atoms with E-state index in [1.165, 1.54) is 22.7 Å². The van der Waals surface area contributed by atoms with Crippen LogP contribution in [-0.2, 0) is 0 Å². The number of nitrogens with zero attached hydrogens (tertiary/aromatic N) is 3. The molecule has 0 aliphatic carbocycles. The number of aromatic nitrogens is 1. The SMILES string of the molecule is N/C(=N\C(N)=N\c1nc2ccccc2s1)c1cscc1Br. The lowest BCUT2D eigenvalue weighted by Gasteiger charge is -1.98. The van der Waals surface area contributed by atoms with Crippen LogP contribution in [0.25, 0.3) is 10.2 Å². The number of para-hydroxylation sites is 1. The molecule has 0 spiro atoms. The van der Waals surface area contributed by atoms with Gasteiger partial charge in [-0.3, -0.25) is 0 Å². The molecule has 0 saturated carbocycles. The van der Waals surface area contributed by atoms with Gasteiger partial charge in [-0.1, -0.05) is 23.5 Å². The van der Waals surface area contributed by atoms with Gasteiger partial charge in [-0.2, -0.15) is 21.3 Å². The number of fused-ring (bicyclic) bond motifs is 1. The van der Waals surface area contributed by atoms with E-state index in [4.69, 9.17) is 11.5 Å². The third-order valence-corrected chi connectivity index (χ3v) is 5.25. The highest BCUT2D eigenvalue weighted by molar-refractivity contribution is 9.10. The van der Waals surface area contributed by atoms with E-state index >= 15 is 0 Å². The molecule has 0 atom stereocenters. The van der Waals surface area contributed by atoms with Crippen molar-refractivity contribution in [3.05, 3.63) is 45.1 Å². The molecule has 0 fully saturated rings. The molecule has 3 rings (SSSR count). The third kappa shape index (κ3) is 3.12. The minimum Gasteiger partial charge on any atom is -0.383 e. The number of rotatable bonds is 2. The molecule has 0 unspecified atom stereocenters. The molecule has 5 nitrogen and oxygen atoms in total. The van der Waals surface area contributed by atoms with Crippen LogP contribution in [0, 0.1) is 0 Å². The Bertz CT molecular complexity index is 816. The lowest BCUT2D eigenvalue weighted by atomic mass is 10.3. The van der Waals surface area contributed by atoms with Crippen molar-refractivity contribution in [2.45, 2.75) is 0 Å². The van der Waals surface area contributed by atoms with E-state index in [2.05, 4.69) is 30.9 Å². The highest BCUT2D eigenvalue weighted by atomic mass is 79.9. The maximum atomic E-state index is 5.92. The van der Waals surface area contributed by atoms with Gasteiger partial charge in [-0.25, -0.2) is 4.98 Å². The number of hydrogen-bond acceptors (Lipinski definition) is 4. The number of benzene rings is 1. The topological polar surface area (TPSA) is 89.6 Å². The molecular weight excluding hydrogens is 370 g/mol. The molecule has 1 aromatic carbocycles. The summed E-state index contributed by atoms with van der Waals surface area (Å²) >= 11 is 6.39. The van der Waals surface area contributed by atoms with E-state index in [1.54, 1.807) is 0 Å². The van der Waals surface area contributed by atoms with Gasteiger partial charge < -0.3 is 11.5 Å². The number of hydrogen-bond donors (Lipinski definition) is 2. The number of guanidine groups is 1. The summed E-state index contributed by atoms with van der Waals surface area (Å²) in [4.78, 5) is 12.7. The smallest absolute Gasteiger partial charge is 0.224 e. The summed E-state index contributed by atoms with van der Waals surface area (Å²) in [6.07, 6.45) is 0. The molecule has 21 heavy (non-hydrogen) atoms. The van der Waals surface area contributed by atoms with Crippen molar-refractivity contribution in [1.82, 2.24) is 4.98 Å². The number of thiazole rings is 1. The summed E-state index contributed by atoms with van der Waals surface area (Å²) in [5.74, 6) is 0.412. The largest absolute Gasteiger partial charge is 0.383 e. The average Bonchev–Trinajstić information content (AvgIpc) is 3.03. The van der Waals surface area contributed by atoms with Gasteiger partial charge in [0.1, 0.15) is 5.84 Å². The van der Waals surface area contributed by atoms with Crippen molar-refractivity contribution in [1.29, 1.82) is 0 Å². The summed E-state index contributed by atoms with van der Waals surface area (Å²) in [5, 5.41) is 4.39. The molecule has 0 bridgehead atoms. The van der Waals surface area contributed by atoms with E-state index in [0.717, 1.165) is 20.3 Å². The fraction of sp³-hybridized carbons (Fsp3) is 0. The van der Waals surface area contributed by atoms with Gasteiger partial charge in [-0.05, 0) is 28.1 Å². The van der Waals surface area contributed by atoms with Crippen LogP contribution in [0.5, 0.6) is 0 Å². The van der Waals surface area contributed by atoms with Crippen LogP contribution in [0.15, 0.2) is 49.5 Å². The van der Waals surface area contributed by atoms with Gasteiger partial charge in [-0.15, -0.1) is 0 Å². The number of amidine groups is 1. The molecule has 0 aliphatic heterocycles. The molecule has 0 radical (unpaired) electrons. The summed E-state index contributed by atoms with van der Waals surface area (Å²) < 4.78 is 1.95. The predicted octanol–water partition coefficient (Wildman–Crippen LogP) is 3.47. The molecule has 4 N–H and O–H groups in total. The van der Waals surface area contributed by atoms with Gasteiger partial charge in [0.2, 0.25) is 11.1 Å². The molecular formula is C13H10BrN5S2. The van der Waals surface area contributed by atoms with E-state index in [1.807, 2.05) is 35.0 Å². The fourth-order valence-electron chi connectivity index (χ4n) is 1.68. The summed E-state index contributed by atoms with van der Waals surface area (Å²) in [7, 11) is 0. The van der Waals surface area contributed by atoms with Gasteiger partial charge in [0.25, 0.3) is 0 Å². The number of halogens is 1. The predicted molar refractivity (Wildman–Crippen MR) is 93.6 cm³/mol. The van der Waals surface area contributed by atoms with Crippen molar-refractivity contribution >= 4 is 65.7 Å². The first-order valence-corrected chi connectivity index (χ1v) is 8.44. The zero-order valence-electron chi connectivity index (χ0n) is 10.7. The van der Waals surface area contributed by atoms with Crippen molar-refractivity contribution in [3.8, 4) is 0 Å². The zero-order valence-corrected chi connectivity index (χ0v) is 13.9. The first kappa shape index (κ1) is 14.2. The van der Waals surface area contributed by atoms with Crippen molar-refractivity contribution < 1.29 is 0 Å². The second-order valence-electron chi connectivity index (χ2n) is 4.06. The Hall–Kier alpha value is -1.77. The number of thiophene rings is 1. The molecule has 2 aromatic heterocycles. The molecule has 106 valence electrons. The van der Waals surface area contributed by atoms with Crippen LogP contribution >= 0.6 is 38.6 Å². The first-order chi connectivity index (χ1) is 10.1. The average molecular weight is 380 g/mol. The molecule has 8 heteroatoms. The lowest BCUT2D eigenvalue weighted by Crippen LogP contribution is -2.19. The maximum absolute atomic E-state index is 5.92. The molecule has 0 amide bonds. The molecule has 2 heterocycles. The van der Waals surface area contributed by atoms with Gasteiger partial charge in [0.15, 0.2) is 0 Å². The quantitative estimate of drug-likeness (QED) is 0.527. The first-order valence-electron chi connectivity index (χ1n) is 5.89. The van der Waals surface area contributed by atoms with Crippen molar-refractivity contribution in [2.24, 2.45) is 21.5 Å². The van der Waals surface area contributed by atoms with Crippen LogP contribution in [0.3, 0.4) is 0 Å². The van der Waals surface area contributed by atoms with Gasteiger partial charge in [0.05, 0.1) is 10.2 Å². The Kier molecular flexibility index (Phi) is 4.00. The van der Waals surface area contributed by atoms with E-state index in [9.17, 15) is 0 Å². The maximum Gasteiger partial charge on any atom is 0.224 e. The Morgan fingerprint density at radius 2 is 2.00 bits per heavy atom. The second kappa shape index (κ2) is 5.92. The normalized spacial score (nSPS) is 13.0. The monoisotopic (exact) mass is 379 g/mol. The Balaban J connectivity index is 1.90. The highest BCUT2D eigenvalue weighted by Crippen LogP contribution is 2.27. The number of nitrogens with two attached hydrogens (primary N) is 2. The van der Waals surface area contributed by atoms with E-state index in [0.29, 0.717) is 11.0 Å². The summed E-state index contributed by atoms with van der Waals surface area (Å²) in [6, 6.07) is 7.81. The summed E-state index contributed by atoms with van der Waals surface area (Å²) in [6.45, 7) is 0. The Morgan fingerprint density at radius 1 is 1.19 bits per heavy atom. The summed E-state index contributed by atoms with van der Waals surface area (Å²) in [5.41, 5.74) is 13.4.